The third-order valence-electron chi connectivity index (χ3n) is 3.45. The van der Waals surface area contributed by atoms with Gasteiger partial charge in [-0.3, -0.25) is 0 Å². The maximum Gasteiger partial charge on any atom is 0.123 e. The average molecular weight is 266 g/mol. The fourth-order valence-electron chi connectivity index (χ4n) is 2.19. The van der Waals surface area contributed by atoms with Crippen LogP contribution in [0.1, 0.15) is 24.9 Å². The van der Waals surface area contributed by atoms with Crippen molar-refractivity contribution in [2.45, 2.75) is 19.4 Å². The summed E-state index contributed by atoms with van der Waals surface area (Å²) < 4.78 is 10.8. The maximum atomic E-state index is 5.75. The van der Waals surface area contributed by atoms with E-state index in [1.54, 1.807) is 14.2 Å². The molecule has 0 saturated carbocycles. The van der Waals surface area contributed by atoms with Crippen LogP contribution in [0.2, 0.25) is 0 Å². The van der Waals surface area contributed by atoms with E-state index in [0.29, 0.717) is 12.5 Å². The SMILES string of the molecule is COc1ccc(OC)c(C(CC(C)CN)N(C)C)c1. The van der Waals surface area contributed by atoms with Crippen LogP contribution in [0.25, 0.3) is 0 Å². The molecule has 0 aliphatic heterocycles. The molecule has 4 heteroatoms. The quantitative estimate of drug-likeness (QED) is 0.822. The molecule has 1 aromatic carbocycles. The number of rotatable bonds is 7. The Labute approximate surface area is 116 Å². The van der Waals surface area contributed by atoms with Crippen LogP contribution < -0.4 is 15.2 Å². The first-order chi connectivity index (χ1) is 9.03. The van der Waals surface area contributed by atoms with Gasteiger partial charge in [0.2, 0.25) is 0 Å². The van der Waals surface area contributed by atoms with Crippen LogP contribution in [0.5, 0.6) is 11.5 Å². The van der Waals surface area contributed by atoms with Gasteiger partial charge < -0.3 is 20.1 Å². The summed E-state index contributed by atoms with van der Waals surface area (Å²) >= 11 is 0. The van der Waals surface area contributed by atoms with Crippen LogP contribution in [0.4, 0.5) is 0 Å². The molecule has 4 nitrogen and oxygen atoms in total. The van der Waals surface area contributed by atoms with E-state index in [2.05, 4.69) is 25.9 Å². The minimum absolute atomic E-state index is 0.267. The van der Waals surface area contributed by atoms with Crippen molar-refractivity contribution in [2.24, 2.45) is 11.7 Å². The molecule has 0 bridgehead atoms. The molecule has 1 rings (SSSR count). The molecule has 2 N–H and O–H groups in total. The Morgan fingerprint density at radius 3 is 2.37 bits per heavy atom. The molecule has 0 saturated heterocycles. The molecule has 108 valence electrons. The molecular weight excluding hydrogens is 240 g/mol. The van der Waals surface area contributed by atoms with Gasteiger partial charge >= 0.3 is 0 Å². The van der Waals surface area contributed by atoms with Crippen LogP contribution in [0, 0.1) is 5.92 Å². The van der Waals surface area contributed by atoms with E-state index in [-0.39, 0.29) is 6.04 Å². The highest BCUT2D eigenvalue weighted by molar-refractivity contribution is 5.42. The van der Waals surface area contributed by atoms with Crippen LogP contribution >= 0.6 is 0 Å². The first kappa shape index (κ1) is 15.8. The van der Waals surface area contributed by atoms with Gasteiger partial charge in [-0.15, -0.1) is 0 Å². The number of benzene rings is 1. The zero-order valence-electron chi connectivity index (χ0n) is 12.6. The number of hydrogen-bond donors (Lipinski definition) is 1. The second-order valence-corrected chi connectivity index (χ2v) is 5.16. The van der Waals surface area contributed by atoms with Crippen molar-refractivity contribution in [3.8, 4) is 11.5 Å². The topological polar surface area (TPSA) is 47.7 Å². The Kier molecular flexibility index (Phi) is 6.12. The monoisotopic (exact) mass is 266 g/mol. The number of nitrogens with two attached hydrogens (primary N) is 1. The highest BCUT2D eigenvalue weighted by Gasteiger charge is 2.21. The molecular formula is C15H26N2O2. The van der Waals surface area contributed by atoms with Gasteiger partial charge in [-0.25, -0.2) is 0 Å². The molecule has 0 fully saturated rings. The number of methoxy groups -OCH3 is 2. The Balaban J connectivity index is 3.12. The number of nitrogens with zero attached hydrogens (tertiary/aromatic N) is 1. The highest BCUT2D eigenvalue weighted by Crippen LogP contribution is 2.35. The summed E-state index contributed by atoms with van der Waals surface area (Å²) in [5, 5.41) is 0. The summed E-state index contributed by atoms with van der Waals surface area (Å²) in [6.07, 6.45) is 0.993. The standard InChI is InChI=1S/C15H26N2O2/c1-11(10-16)8-14(17(2)3)13-9-12(18-4)6-7-15(13)19-5/h6-7,9,11,14H,8,10,16H2,1-5H3. The highest BCUT2D eigenvalue weighted by atomic mass is 16.5. The summed E-state index contributed by atoms with van der Waals surface area (Å²) in [5.74, 6) is 2.20. The largest absolute Gasteiger partial charge is 0.497 e. The molecule has 2 atom stereocenters. The van der Waals surface area contributed by atoms with E-state index < -0.39 is 0 Å². The van der Waals surface area contributed by atoms with Crippen molar-refractivity contribution >= 4 is 0 Å². The molecule has 0 amide bonds. The predicted octanol–water partition coefficient (Wildman–Crippen LogP) is 2.29. The molecule has 2 unspecified atom stereocenters. The molecule has 0 aliphatic carbocycles. The lowest BCUT2D eigenvalue weighted by Crippen LogP contribution is -2.25. The molecule has 19 heavy (non-hydrogen) atoms. The van der Waals surface area contributed by atoms with E-state index in [4.69, 9.17) is 15.2 Å². The summed E-state index contributed by atoms with van der Waals surface area (Å²) in [6, 6.07) is 6.19. The van der Waals surface area contributed by atoms with Crippen molar-refractivity contribution in [1.29, 1.82) is 0 Å². The molecule has 0 heterocycles. The minimum atomic E-state index is 0.267. The van der Waals surface area contributed by atoms with E-state index >= 15 is 0 Å². The van der Waals surface area contributed by atoms with E-state index in [1.165, 1.54) is 0 Å². The second-order valence-electron chi connectivity index (χ2n) is 5.16. The first-order valence-electron chi connectivity index (χ1n) is 6.61. The zero-order chi connectivity index (χ0) is 14.4. The zero-order valence-corrected chi connectivity index (χ0v) is 12.6. The first-order valence-corrected chi connectivity index (χ1v) is 6.61. The van der Waals surface area contributed by atoms with Gasteiger partial charge in [0.05, 0.1) is 14.2 Å². The summed E-state index contributed by atoms with van der Waals surface area (Å²) in [4.78, 5) is 2.20. The minimum Gasteiger partial charge on any atom is -0.497 e. The lowest BCUT2D eigenvalue weighted by Gasteiger charge is -2.28. The van der Waals surface area contributed by atoms with Crippen LogP contribution in [-0.4, -0.2) is 39.8 Å². The molecule has 0 spiro atoms. The Hall–Kier alpha value is -1.26. The van der Waals surface area contributed by atoms with E-state index in [9.17, 15) is 0 Å². The van der Waals surface area contributed by atoms with Crippen LogP contribution in [0.3, 0.4) is 0 Å². The number of ether oxygens (including phenoxy) is 2. The fourth-order valence-corrected chi connectivity index (χ4v) is 2.19. The number of hydrogen-bond acceptors (Lipinski definition) is 4. The lowest BCUT2D eigenvalue weighted by molar-refractivity contribution is 0.247. The second kappa shape index (κ2) is 7.36. The Bertz CT molecular complexity index is 394. The van der Waals surface area contributed by atoms with Gasteiger partial charge in [-0.05, 0) is 51.2 Å². The Morgan fingerprint density at radius 2 is 1.89 bits per heavy atom. The van der Waals surface area contributed by atoms with Gasteiger partial charge in [-0.1, -0.05) is 6.92 Å². The third kappa shape index (κ3) is 4.11. The average Bonchev–Trinajstić information content (AvgIpc) is 2.43. The molecule has 0 radical (unpaired) electrons. The smallest absolute Gasteiger partial charge is 0.123 e. The van der Waals surface area contributed by atoms with Crippen molar-refractivity contribution < 1.29 is 9.47 Å². The summed E-state index contributed by atoms with van der Waals surface area (Å²) in [7, 11) is 7.53. The van der Waals surface area contributed by atoms with Gasteiger partial charge in [0.25, 0.3) is 0 Å². The van der Waals surface area contributed by atoms with Crippen molar-refractivity contribution in [3.05, 3.63) is 23.8 Å². The van der Waals surface area contributed by atoms with Gasteiger partial charge in [0.1, 0.15) is 11.5 Å². The van der Waals surface area contributed by atoms with Gasteiger partial charge in [0.15, 0.2) is 0 Å². The van der Waals surface area contributed by atoms with Gasteiger partial charge in [-0.2, -0.15) is 0 Å². The third-order valence-corrected chi connectivity index (χ3v) is 3.45. The van der Waals surface area contributed by atoms with Gasteiger partial charge in [0, 0.05) is 11.6 Å². The van der Waals surface area contributed by atoms with E-state index in [0.717, 1.165) is 23.5 Å². The van der Waals surface area contributed by atoms with Crippen molar-refractivity contribution in [2.75, 3.05) is 34.9 Å². The lowest BCUT2D eigenvalue weighted by atomic mass is 9.94. The van der Waals surface area contributed by atoms with E-state index in [1.807, 2.05) is 18.2 Å². The molecule has 0 aromatic heterocycles. The summed E-state index contributed by atoms with van der Waals surface area (Å²) in [6.45, 7) is 2.86. The molecule has 0 aliphatic rings. The normalized spacial score (nSPS) is 14.3. The van der Waals surface area contributed by atoms with Crippen LogP contribution in [-0.2, 0) is 0 Å². The fraction of sp³-hybridized carbons (Fsp3) is 0.600. The molecule has 1 aromatic rings. The maximum absolute atomic E-state index is 5.75. The Morgan fingerprint density at radius 1 is 1.21 bits per heavy atom. The summed E-state index contributed by atoms with van der Waals surface area (Å²) in [5.41, 5.74) is 6.90. The van der Waals surface area contributed by atoms with Crippen LogP contribution in [0.15, 0.2) is 18.2 Å². The van der Waals surface area contributed by atoms with Crippen molar-refractivity contribution in [3.63, 3.8) is 0 Å². The predicted molar refractivity (Wildman–Crippen MR) is 78.8 cm³/mol. The van der Waals surface area contributed by atoms with Crippen molar-refractivity contribution in [1.82, 2.24) is 4.90 Å².